The second-order valence-corrected chi connectivity index (χ2v) is 4.92. The third-order valence-corrected chi connectivity index (χ3v) is 3.30. The van der Waals surface area contributed by atoms with E-state index in [0.29, 0.717) is 24.5 Å². The zero-order chi connectivity index (χ0) is 17.4. The first kappa shape index (κ1) is 17.5. The number of aliphatic hydroxyl groups excluding tert-OH is 2. The fourth-order valence-corrected chi connectivity index (χ4v) is 2.10. The Morgan fingerprint density at radius 1 is 0.875 bits per heavy atom. The molecule has 2 rings (SSSR count). The molecular weight excluding hydrogens is 312 g/mol. The van der Waals surface area contributed by atoms with Crippen molar-refractivity contribution in [1.82, 2.24) is 0 Å². The minimum Gasteiger partial charge on any atom is -0.395 e. The van der Waals surface area contributed by atoms with Crippen molar-refractivity contribution in [1.29, 1.82) is 0 Å². The lowest BCUT2D eigenvalue weighted by Gasteiger charge is -2.22. The van der Waals surface area contributed by atoms with E-state index in [1.807, 2.05) is 17.0 Å². The van der Waals surface area contributed by atoms with Crippen molar-refractivity contribution in [2.24, 2.45) is 10.2 Å². The van der Waals surface area contributed by atoms with Crippen LogP contribution in [0.15, 0.2) is 58.8 Å². The van der Waals surface area contributed by atoms with Gasteiger partial charge >= 0.3 is 0 Å². The number of azo groups is 1. The zero-order valence-corrected chi connectivity index (χ0v) is 12.9. The lowest BCUT2D eigenvalue weighted by molar-refractivity contribution is -0.384. The summed E-state index contributed by atoms with van der Waals surface area (Å²) in [6.07, 6.45) is 0. The van der Waals surface area contributed by atoms with Crippen LogP contribution in [0.4, 0.5) is 22.7 Å². The van der Waals surface area contributed by atoms with Gasteiger partial charge < -0.3 is 15.1 Å². The second kappa shape index (κ2) is 8.70. The van der Waals surface area contributed by atoms with Gasteiger partial charge in [-0.1, -0.05) is 0 Å². The third-order valence-electron chi connectivity index (χ3n) is 3.30. The summed E-state index contributed by atoms with van der Waals surface area (Å²) in [7, 11) is 0. The molecule has 2 N–H and O–H groups in total. The van der Waals surface area contributed by atoms with Gasteiger partial charge in [0, 0.05) is 30.9 Å². The number of aliphatic hydroxyl groups is 2. The summed E-state index contributed by atoms with van der Waals surface area (Å²) >= 11 is 0. The van der Waals surface area contributed by atoms with E-state index in [4.69, 9.17) is 10.2 Å². The van der Waals surface area contributed by atoms with Gasteiger partial charge in [0.25, 0.3) is 5.69 Å². The van der Waals surface area contributed by atoms with Crippen LogP contribution in [0.3, 0.4) is 0 Å². The van der Waals surface area contributed by atoms with Crippen molar-refractivity contribution in [3.05, 3.63) is 58.6 Å². The fraction of sp³-hybridized carbons (Fsp3) is 0.250. The monoisotopic (exact) mass is 330 g/mol. The van der Waals surface area contributed by atoms with E-state index in [1.165, 1.54) is 24.3 Å². The van der Waals surface area contributed by atoms with Gasteiger partial charge in [-0.15, -0.1) is 0 Å². The van der Waals surface area contributed by atoms with Gasteiger partial charge in [0.15, 0.2) is 0 Å². The molecule has 0 spiro atoms. The van der Waals surface area contributed by atoms with Gasteiger partial charge in [-0.3, -0.25) is 10.1 Å². The van der Waals surface area contributed by atoms with Crippen LogP contribution in [0.25, 0.3) is 0 Å². The van der Waals surface area contributed by atoms with Crippen LogP contribution >= 0.6 is 0 Å². The maximum atomic E-state index is 10.6. The summed E-state index contributed by atoms with van der Waals surface area (Å²) in [5.74, 6) is 0. The van der Waals surface area contributed by atoms with Crippen molar-refractivity contribution in [3.63, 3.8) is 0 Å². The highest BCUT2D eigenvalue weighted by Crippen LogP contribution is 2.23. The van der Waals surface area contributed by atoms with E-state index in [2.05, 4.69) is 10.2 Å². The summed E-state index contributed by atoms with van der Waals surface area (Å²) in [5.41, 5.74) is 2.02. The lowest BCUT2D eigenvalue weighted by atomic mass is 10.2. The highest BCUT2D eigenvalue weighted by atomic mass is 16.6. The normalized spacial score (nSPS) is 10.9. The predicted molar refractivity (Wildman–Crippen MR) is 90.1 cm³/mol. The first-order valence-electron chi connectivity index (χ1n) is 7.37. The number of rotatable bonds is 8. The summed E-state index contributed by atoms with van der Waals surface area (Å²) in [6.45, 7) is 0.873. The molecule has 0 fully saturated rings. The number of anilines is 1. The smallest absolute Gasteiger partial charge is 0.269 e. The summed E-state index contributed by atoms with van der Waals surface area (Å²) in [6, 6.07) is 13.0. The van der Waals surface area contributed by atoms with Gasteiger partial charge in [0.2, 0.25) is 0 Å². The Kier molecular flexibility index (Phi) is 6.35. The molecule has 2 aromatic carbocycles. The molecule has 0 bridgehead atoms. The summed E-state index contributed by atoms with van der Waals surface area (Å²) < 4.78 is 0. The molecule has 8 heteroatoms. The van der Waals surface area contributed by atoms with E-state index in [0.717, 1.165) is 5.69 Å². The molecule has 0 aliphatic heterocycles. The van der Waals surface area contributed by atoms with Crippen molar-refractivity contribution in [3.8, 4) is 0 Å². The Hall–Kier alpha value is -2.84. The van der Waals surface area contributed by atoms with E-state index in [1.54, 1.807) is 12.1 Å². The standard InChI is InChI=1S/C16H18N4O4/c21-11-9-19(10-12-22)15-5-1-13(2-6-15)17-18-14-3-7-16(8-4-14)20(23)24/h1-8,21-22H,9-12H2/b18-17+. The maximum absolute atomic E-state index is 10.6. The average molecular weight is 330 g/mol. The molecule has 0 radical (unpaired) electrons. The maximum Gasteiger partial charge on any atom is 0.269 e. The van der Waals surface area contributed by atoms with Crippen molar-refractivity contribution >= 4 is 22.7 Å². The van der Waals surface area contributed by atoms with Crippen LogP contribution in [-0.4, -0.2) is 41.4 Å². The number of nitro groups is 1. The lowest BCUT2D eigenvalue weighted by Crippen LogP contribution is -2.29. The molecule has 0 aliphatic rings. The Labute approximate surface area is 138 Å². The van der Waals surface area contributed by atoms with E-state index >= 15 is 0 Å². The highest BCUT2D eigenvalue weighted by Gasteiger charge is 2.05. The molecule has 0 amide bonds. The first-order valence-corrected chi connectivity index (χ1v) is 7.37. The SMILES string of the molecule is O=[N+]([O-])c1ccc(/N=N/c2ccc(N(CCO)CCO)cc2)cc1. The van der Waals surface area contributed by atoms with Crippen LogP contribution in [0.2, 0.25) is 0 Å². The molecule has 0 aromatic heterocycles. The molecule has 0 atom stereocenters. The van der Waals surface area contributed by atoms with Gasteiger partial charge in [0.1, 0.15) is 0 Å². The Bertz CT molecular complexity index is 680. The number of nitro benzene ring substituents is 1. The van der Waals surface area contributed by atoms with Crippen molar-refractivity contribution in [2.45, 2.75) is 0 Å². The molecule has 0 saturated carbocycles. The number of hydrogen-bond donors (Lipinski definition) is 2. The molecule has 8 nitrogen and oxygen atoms in total. The topological polar surface area (TPSA) is 112 Å². The van der Waals surface area contributed by atoms with Crippen LogP contribution in [0.1, 0.15) is 0 Å². The molecule has 0 heterocycles. The Balaban J connectivity index is 2.06. The van der Waals surface area contributed by atoms with Crippen molar-refractivity contribution < 1.29 is 15.1 Å². The highest BCUT2D eigenvalue weighted by molar-refractivity contribution is 5.53. The average Bonchev–Trinajstić information content (AvgIpc) is 2.60. The van der Waals surface area contributed by atoms with Gasteiger partial charge in [0.05, 0.1) is 29.5 Å². The number of hydrogen-bond acceptors (Lipinski definition) is 7. The predicted octanol–water partition coefficient (Wildman–Crippen LogP) is 2.80. The largest absolute Gasteiger partial charge is 0.395 e. The van der Waals surface area contributed by atoms with Crippen molar-refractivity contribution in [2.75, 3.05) is 31.2 Å². The van der Waals surface area contributed by atoms with Crippen LogP contribution < -0.4 is 4.90 Å². The summed E-state index contributed by atoms with van der Waals surface area (Å²) in [5, 5.41) is 36.8. The molecular formula is C16H18N4O4. The Morgan fingerprint density at radius 2 is 1.33 bits per heavy atom. The van der Waals surface area contributed by atoms with Gasteiger partial charge in [-0.25, -0.2) is 0 Å². The van der Waals surface area contributed by atoms with Crippen LogP contribution in [0.5, 0.6) is 0 Å². The van der Waals surface area contributed by atoms with Gasteiger partial charge in [-0.2, -0.15) is 10.2 Å². The number of nitrogens with zero attached hydrogens (tertiary/aromatic N) is 4. The van der Waals surface area contributed by atoms with Crippen LogP contribution in [-0.2, 0) is 0 Å². The fourth-order valence-electron chi connectivity index (χ4n) is 2.10. The molecule has 0 aliphatic carbocycles. The molecule has 24 heavy (non-hydrogen) atoms. The van der Waals surface area contributed by atoms with Crippen LogP contribution in [0, 0.1) is 10.1 Å². The summed E-state index contributed by atoms with van der Waals surface area (Å²) in [4.78, 5) is 12.0. The van der Waals surface area contributed by atoms with E-state index < -0.39 is 4.92 Å². The minimum atomic E-state index is -0.468. The number of benzene rings is 2. The quantitative estimate of drug-likeness (QED) is 0.439. The number of non-ortho nitro benzene ring substituents is 1. The third kappa shape index (κ3) is 4.83. The zero-order valence-electron chi connectivity index (χ0n) is 12.9. The molecule has 2 aromatic rings. The first-order chi connectivity index (χ1) is 11.6. The van der Waals surface area contributed by atoms with E-state index in [-0.39, 0.29) is 18.9 Å². The molecule has 126 valence electrons. The minimum absolute atomic E-state index is 0.00159. The van der Waals surface area contributed by atoms with E-state index in [9.17, 15) is 10.1 Å². The van der Waals surface area contributed by atoms with Gasteiger partial charge in [-0.05, 0) is 36.4 Å². The molecule has 0 unspecified atom stereocenters. The molecule has 0 saturated heterocycles. The Morgan fingerprint density at radius 3 is 1.75 bits per heavy atom. The second-order valence-electron chi connectivity index (χ2n) is 4.92.